The van der Waals surface area contributed by atoms with Crippen LogP contribution in [0.4, 0.5) is 0 Å². The lowest BCUT2D eigenvalue weighted by atomic mass is 10.1. The maximum atomic E-state index is 8.97. The summed E-state index contributed by atoms with van der Waals surface area (Å²) < 4.78 is 1.62. The molecular formula is C13H7ClN4. The van der Waals surface area contributed by atoms with Gasteiger partial charge in [-0.2, -0.15) is 10.4 Å². The van der Waals surface area contributed by atoms with Crippen LogP contribution in [0.3, 0.4) is 0 Å². The molecule has 4 nitrogen and oxygen atoms in total. The SMILES string of the molecule is N#Cc1cnn2c(-c3ccccc3Cl)ccnc12. The summed E-state index contributed by atoms with van der Waals surface area (Å²) in [6, 6.07) is 11.4. The van der Waals surface area contributed by atoms with Gasteiger partial charge in [0.2, 0.25) is 0 Å². The summed E-state index contributed by atoms with van der Waals surface area (Å²) in [4.78, 5) is 4.16. The molecule has 3 aromatic rings. The quantitative estimate of drug-likeness (QED) is 0.671. The van der Waals surface area contributed by atoms with Crippen molar-refractivity contribution in [2.75, 3.05) is 0 Å². The molecule has 0 spiro atoms. The van der Waals surface area contributed by atoms with E-state index in [1.807, 2.05) is 30.3 Å². The lowest BCUT2D eigenvalue weighted by molar-refractivity contribution is 0.948. The van der Waals surface area contributed by atoms with Gasteiger partial charge in [0.15, 0.2) is 5.65 Å². The number of nitrogens with zero attached hydrogens (tertiary/aromatic N) is 4. The van der Waals surface area contributed by atoms with Crippen molar-refractivity contribution >= 4 is 17.2 Å². The molecule has 0 aliphatic heterocycles. The van der Waals surface area contributed by atoms with E-state index in [0.29, 0.717) is 16.2 Å². The van der Waals surface area contributed by atoms with Gasteiger partial charge < -0.3 is 0 Å². The highest BCUT2D eigenvalue weighted by atomic mass is 35.5. The number of nitriles is 1. The molecule has 0 amide bonds. The van der Waals surface area contributed by atoms with E-state index < -0.39 is 0 Å². The van der Waals surface area contributed by atoms with Crippen molar-refractivity contribution in [2.24, 2.45) is 0 Å². The summed E-state index contributed by atoms with van der Waals surface area (Å²) >= 11 is 6.17. The fourth-order valence-corrected chi connectivity index (χ4v) is 2.08. The second kappa shape index (κ2) is 4.13. The Labute approximate surface area is 108 Å². The first kappa shape index (κ1) is 10.8. The zero-order chi connectivity index (χ0) is 12.5. The molecule has 0 saturated carbocycles. The molecular weight excluding hydrogens is 248 g/mol. The molecule has 0 radical (unpaired) electrons. The fraction of sp³-hybridized carbons (Fsp3) is 0. The second-order valence-corrected chi connectivity index (χ2v) is 4.12. The molecule has 0 aliphatic rings. The lowest BCUT2D eigenvalue weighted by Crippen LogP contribution is -1.96. The van der Waals surface area contributed by atoms with Crippen LogP contribution in [0, 0.1) is 11.3 Å². The lowest BCUT2D eigenvalue weighted by Gasteiger charge is -2.06. The molecule has 18 heavy (non-hydrogen) atoms. The molecule has 2 aromatic heterocycles. The van der Waals surface area contributed by atoms with Gasteiger partial charge in [-0.15, -0.1) is 0 Å². The maximum Gasteiger partial charge on any atom is 0.173 e. The molecule has 0 atom stereocenters. The average Bonchev–Trinajstić information content (AvgIpc) is 2.82. The van der Waals surface area contributed by atoms with Gasteiger partial charge in [0, 0.05) is 16.8 Å². The zero-order valence-corrected chi connectivity index (χ0v) is 9.96. The monoisotopic (exact) mass is 254 g/mol. The van der Waals surface area contributed by atoms with E-state index in [0.717, 1.165) is 11.3 Å². The molecule has 0 saturated heterocycles. The molecule has 0 unspecified atom stereocenters. The van der Waals surface area contributed by atoms with Crippen LogP contribution in [0.2, 0.25) is 5.02 Å². The van der Waals surface area contributed by atoms with Crippen LogP contribution in [0.1, 0.15) is 5.56 Å². The number of rotatable bonds is 1. The minimum absolute atomic E-state index is 0.448. The normalized spacial score (nSPS) is 10.4. The Morgan fingerprint density at radius 2 is 2.06 bits per heavy atom. The molecule has 2 heterocycles. The van der Waals surface area contributed by atoms with Crippen LogP contribution in [0.15, 0.2) is 42.7 Å². The van der Waals surface area contributed by atoms with Crippen molar-refractivity contribution in [3.8, 4) is 17.3 Å². The van der Waals surface area contributed by atoms with Gasteiger partial charge in [-0.25, -0.2) is 9.50 Å². The Morgan fingerprint density at radius 1 is 1.22 bits per heavy atom. The molecule has 86 valence electrons. The molecule has 0 N–H and O–H groups in total. The predicted octanol–water partition coefficient (Wildman–Crippen LogP) is 2.92. The van der Waals surface area contributed by atoms with Crippen molar-refractivity contribution in [3.05, 3.63) is 53.3 Å². The van der Waals surface area contributed by atoms with Gasteiger partial charge in [-0.1, -0.05) is 29.8 Å². The van der Waals surface area contributed by atoms with Crippen LogP contribution < -0.4 is 0 Å². The summed E-state index contributed by atoms with van der Waals surface area (Å²) in [6.07, 6.45) is 3.15. The van der Waals surface area contributed by atoms with Crippen molar-refractivity contribution in [3.63, 3.8) is 0 Å². The smallest absolute Gasteiger partial charge is 0.173 e. The highest BCUT2D eigenvalue weighted by Crippen LogP contribution is 2.27. The van der Waals surface area contributed by atoms with Crippen molar-refractivity contribution < 1.29 is 0 Å². The van der Waals surface area contributed by atoms with Crippen LogP contribution in [-0.4, -0.2) is 14.6 Å². The minimum Gasteiger partial charge on any atom is -0.236 e. The maximum absolute atomic E-state index is 8.97. The topological polar surface area (TPSA) is 54.0 Å². The molecule has 5 heteroatoms. The Kier molecular flexibility index (Phi) is 2.47. The first-order chi connectivity index (χ1) is 8.81. The number of benzene rings is 1. The number of fused-ring (bicyclic) bond motifs is 1. The number of hydrogen-bond donors (Lipinski definition) is 0. The van der Waals surface area contributed by atoms with Crippen molar-refractivity contribution in [1.29, 1.82) is 5.26 Å². The number of hydrogen-bond acceptors (Lipinski definition) is 3. The third kappa shape index (κ3) is 1.53. The van der Waals surface area contributed by atoms with E-state index in [9.17, 15) is 0 Å². The van der Waals surface area contributed by atoms with E-state index in [1.54, 1.807) is 10.7 Å². The summed E-state index contributed by atoms with van der Waals surface area (Å²) in [5, 5.41) is 13.8. The van der Waals surface area contributed by atoms with Crippen molar-refractivity contribution in [1.82, 2.24) is 14.6 Å². The summed E-state index contributed by atoms with van der Waals surface area (Å²) in [5.41, 5.74) is 2.66. The summed E-state index contributed by atoms with van der Waals surface area (Å²) in [5.74, 6) is 0. The first-order valence-electron chi connectivity index (χ1n) is 5.29. The second-order valence-electron chi connectivity index (χ2n) is 3.72. The molecule has 1 aromatic carbocycles. The van der Waals surface area contributed by atoms with E-state index in [-0.39, 0.29) is 0 Å². The third-order valence-electron chi connectivity index (χ3n) is 2.67. The van der Waals surface area contributed by atoms with Gasteiger partial charge in [0.25, 0.3) is 0 Å². The predicted molar refractivity (Wildman–Crippen MR) is 68.1 cm³/mol. The number of aromatic nitrogens is 3. The van der Waals surface area contributed by atoms with Crippen LogP contribution in [0.25, 0.3) is 16.9 Å². The van der Waals surface area contributed by atoms with Crippen LogP contribution in [0.5, 0.6) is 0 Å². The fourth-order valence-electron chi connectivity index (χ4n) is 1.84. The van der Waals surface area contributed by atoms with E-state index in [1.165, 1.54) is 6.20 Å². The Morgan fingerprint density at radius 3 is 2.83 bits per heavy atom. The average molecular weight is 255 g/mol. The first-order valence-corrected chi connectivity index (χ1v) is 5.67. The summed E-state index contributed by atoms with van der Waals surface area (Å²) in [6.45, 7) is 0. The Balaban J connectivity index is 2.35. The van der Waals surface area contributed by atoms with Gasteiger partial charge in [-0.3, -0.25) is 0 Å². The van der Waals surface area contributed by atoms with Gasteiger partial charge in [0.1, 0.15) is 11.6 Å². The van der Waals surface area contributed by atoms with E-state index >= 15 is 0 Å². The van der Waals surface area contributed by atoms with E-state index in [4.69, 9.17) is 16.9 Å². The van der Waals surface area contributed by atoms with Gasteiger partial charge >= 0.3 is 0 Å². The standard InChI is InChI=1S/C13H7ClN4/c14-11-4-2-1-3-10(11)12-5-6-16-13-9(7-15)8-17-18(12)13/h1-6,8H. The molecule has 0 bridgehead atoms. The Bertz CT molecular complexity index is 770. The zero-order valence-electron chi connectivity index (χ0n) is 9.21. The largest absolute Gasteiger partial charge is 0.236 e. The van der Waals surface area contributed by atoms with E-state index in [2.05, 4.69) is 16.2 Å². The van der Waals surface area contributed by atoms with Crippen LogP contribution in [-0.2, 0) is 0 Å². The Hall–Kier alpha value is -2.38. The number of halogens is 1. The van der Waals surface area contributed by atoms with Crippen LogP contribution >= 0.6 is 11.6 Å². The highest BCUT2D eigenvalue weighted by molar-refractivity contribution is 6.33. The molecule has 3 rings (SSSR count). The molecule has 0 fully saturated rings. The molecule has 0 aliphatic carbocycles. The third-order valence-corrected chi connectivity index (χ3v) is 3.00. The highest BCUT2D eigenvalue weighted by Gasteiger charge is 2.11. The summed E-state index contributed by atoms with van der Waals surface area (Å²) in [7, 11) is 0. The van der Waals surface area contributed by atoms with Crippen molar-refractivity contribution in [2.45, 2.75) is 0 Å². The minimum atomic E-state index is 0.448. The van der Waals surface area contributed by atoms with Gasteiger partial charge in [0.05, 0.1) is 11.9 Å². The van der Waals surface area contributed by atoms with Gasteiger partial charge in [-0.05, 0) is 12.1 Å².